The topological polar surface area (TPSA) is 62.4 Å². The Kier molecular flexibility index (Phi) is 7.58. The van der Waals surface area contributed by atoms with Gasteiger partial charge in [0, 0.05) is 43.4 Å². The van der Waals surface area contributed by atoms with Crippen LogP contribution in [0.25, 0.3) is 11.4 Å². The van der Waals surface area contributed by atoms with E-state index in [1.165, 1.54) is 16.7 Å². The molecule has 1 atom stereocenters. The number of aromatic nitrogens is 2. The highest BCUT2D eigenvalue weighted by molar-refractivity contribution is 5.57. The number of H-pyrrole nitrogens is 1. The minimum absolute atomic E-state index is 0.0549. The first-order chi connectivity index (χ1) is 18.1. The van der Waals surface area contributed by atoms with E-state index in [0.717, 1.165) is 60.5 Å². The molecule has 1 aliphatic heterocycles. The van der Waals surface area contributed by atoms with E-state index >= 15 is 0 Å². The van der Waals surface area contributed by atoms with E-state index in [2.05, 4.69) is 102 Å². The first-order valence-corrected chi connectivity index (χ1v) is 12.9. The molecule has 5 rings (SSSR count). The molecular weight excluding hydrogens is 460 g/mol. The van der Waals surface area contributed by atoms with Crippen molar-refractivity contribution in [2.75, 3.05) is 40.4 Å². The minimum atomic E-state index is 0.0549. The van der Waals surface area contributed by atoms with Crippen molar-refractivity contribution in [1.82, 2.24) is 20.2 Å². The van der Waals surface area contributed by atoms with Crippen LogP contribution in [0.1, 0.15) is 40.0 Å². The third-order valence-corrected chi connectivity index (χ3v) is 7.34. The molecule has 2 N–H and O–H groups in total. The second-order valence-corrected chi connectivity index (χ2v) is 9.72. The molecule has 0 spiro atoms. The Labute approximate surface area is 219 Å². The van der Waals surface area contributed by atoms with Gasteiger partial charge in [-0.15, -0.1) is 0 Å². The molecule has 0 saturated carbocycles. The SMILES string of the molecule is COc1ccc(C(c2ccc(OC)cc2)C(c2nc(-c3ccc(C)cc3)[nH]c2C)N2CCNCC2)cc1. The van der Waals surface area contributed by atoms with Gasteiger partial charge in [0.1, 0.15) is 17.3 Å². The standard InChI is InChI=1S/C31H36N4O2/c1-21-5-7-25(8-6-21)31-33-22(2)29(34-31)30(35-19-17-32-18-20-35)28(23-9-13-26(36-3)14-10-23)24-11-15-27(37-4)16-12-24/h5-16,28,30,32H,17-20H2,1-4H3,(H,33,34). The molecule has 3 aromatic carbocycles. The Bertz CT molecular complexity index is 1240. The zero-order chi connectivity index (χ0) is 25.8. The number of benzene rings is 3. The predicted octanol–water partition coefficient (Wildman–Crippen LogP) is 5.49. The number of ether oxygens (including phenoxy) is 2. The van der Waals surface area contributed by atoms with E-state index in [0.29, 0.717) is 0 Å². The number of nitrogens with one attached hydrogen (secondary N) is 2. The van der Waals surface area contributed by atoms with Gasteiger partial charge in [-0.1, -0.05) is 54.1 Å². The molecule has 0 bridgehead atoms. The van der Waals surface area contributed by atoms with E-state index in [1.807, 2.05) is 0 Å². The number of rotatable bonds is 8. The van der Waals surface area contributed by atoms with Crippen LogP contribution in [0.4, 0.5) is 0 Å². The number of aryl methyl sites for hydroxylation is 2. The van der Waals surface area contributed by atoms with Crippen molar-refractivity contribution < 1.29 is 9.47 Å². The van der Waals surface area contributed by atoms with E-state index in [-0.39, 0.29) is 12.0 Å². The maximum absolute atomic E-state index is 5.47. The molecule has 1 fully saturated rings. The predicted molar refractivity (Wildman–Crippen MR) is 149 cm³/mol. The van der Waals surface area contributed by atoms with Crippen LogP contribution in [-0.2, 0) is 0 Å². The molecule has 6 heteroatoms. The van der Waals surface area contributed by atoms with Gasteiger partial charge in [0.25, 0.3) is 0 Å². The summed E-state index contributed by atoms with van der Waals surface area (Å²) >= 11 is 0. The van der Waals surface area contributed by atoms with Crippen LogP contribution in [0, 0.1) is 13.8 Å². The normalized spacial score (nSPS) is 15.1. The van der Waals surface area contributed by atoms with Gasteiger partial charge in [0.15, 0.2) is 0 Å². The van der Waals surface area contributed by atoms with Crippen LogP contribution >= 0.6 is 0 Å². The maximum Gasteiger partial charge on any atom is 0.137 e. The van der Waals surface area contributed by atoms with E-state index in [4.69, 9.17) is 14.5 Å². The summed E-state index contributed by atoms with van der Waals surface area (Å²) in [6.07, 6.45) is 0. The number of nitrogens with zero attached hydrogens (tertiary/aromatic N) is 2. The summed E-state index contributed by atoms with van der Waals surface area (Å²) in [5.41, 5.74) is 7.00. The van der Waals surface area contributed by atoms with Gasteiger partial charge in [0.05, 0.1) is 26.0 Å². The van der Waals surface area contributed by atoms with Crippen LogP contribution in [0.15, 0.2) is 72.8 Å². The van der Waals surface area contributed by atoms with E-state index < -0.39 is 0 Å². The highest BCUT2D eigenvalue weighted by Gasteiger charge is 2.35. The van der Waals surface area contributed by atoms with Crippen molar-refractivity contribution in [1.29, 1.82) is 0 Å². The van der Waals surface area contributed by atoms with E-state index in [9.17, 15) is 0 Å². The highest BCUT2D eigenvalue weighted by atomic mass is 16.5. The second kappa shape index (κ2) is 11.2. The summed E-state index contributed by atoms with van der Waals surface area (Å²) in [4.78, 5) is 11.4. The Morgan fingerprint density at radius 3 is 1.81 bits per heavy atom. The van der Waals surface area contributed by atoms with Gasteiger partial charge < -0.3 is 19.8 Å². The fraction of sp³-hybridized carbons (Fsp3) is 0.323. The molecule has 0 amide bonds. The van der Waals surface area contributed by atoms with Crippen molar-refractivity contribution in [2.45, 2.75) is 25.8 Å². The third-order valence-electron chi connectivity index (χ3n) is 7.34. The monoisotopic (exact) mass is 496 g/mol. The summed E-state index contributed by atoms with van der Waals surface area (Å²) in [5, 5.41) is 3.52. The fourth-order valence-electron chi connectivity index (χ4n) is 5.29. The number of aromatic amines is 1. The van der Waals surface area contributed by atoms with Gasteiger partial charge in [-0.25, -0.2) is 4.98 Å². The minimum Gasteiger partial charge on any atom is -0.497 e. The molecule has 192 valence electrons. The smallest absolute Gasteiger partial charge is 0.137 e. The van der Waals surface area contributed by atoms with Crippen molar-refractivity contribution in [3.63, 3.8) is 0 Å². The third kappa shape index (κ3) is 5.41. The molecule has 1 saturated heterocycles. The van der Waals surface area contributed by atoms with Crippen LogP contribution in [0.3, 0.4) is 0 Å². The quantitative estimate of drug-likeness (QED) is 0.338. The molecule has 4 aromatic rings. The van der Waals surface area contributed by atoms with Crippen LogP contribution in [-0.4, -0.2) is 55.3 Å². The summed E-state index contributed by atoms with van der Waals surface area (Å²) in [7, 11) is 3.42. The van der Waals surface area contributed by atoms with Gasteiger partial charge >= 0.3 is 0 Å². The summed E-state index contributed by atoms with van der Waals surface area (Å²) < 4.78 is 10.9. The first kappa shape index (κ1) is 25.1. The lowest BCUT2D eigenvalue weighted by Gasteiger charge is -2.39. The number of imidazole rings is 1. The average molecular weight is 497 g/mol. The Hall–Kier alpha value is -3.61. The first-order valence-electron chi connectivity index (χ1n) is 12.9. The van der Waals surface area contributed by atoms with Crippen LogP contribution in [0.5, 0.6) is 11.5 Å². The number of hydrogen-bond donors (Lipinski definition) is 2. The Morgan fingerprint density at radius 2 is 1.30 bits per heavy atom. The molecular formula is C31H36N4O2. The zero-order valence-electron chi connectivity index (χ0n) is 22.1. The molecule has 1 aromatic heterocycles. The Balaban J connectivity index is 1.65. The van der Waals surface area contributed by atoms with Crippen molar-refractivity contribution in [2.24, 2.45) is 0 Å². The number of piperazine rings is 1. The summed E-state index contributed by atoms with van der Waals surface area (Å²) in [5.74, 6) is 2.70. The largest absolute Gasteiger partial charge is 0.497 e. The second-order valence-electron chi connectivity index (χ2n) is 9.72. The molecule has 1 unspecified atom stereocenters. The Morgan fingerprint density at radius 1 is 0.757 bits per heavy atom. The molecule has 37 heavy (non-hydrogen) atoms. The van der Waals surface area contributed by atoms with Gasteiger partial charge in [0.2, 0.25) is 0 Å². The van der Waals surface area contributed by atoms with Crippen LogP contribution in [0.2, 0.25) is 0 Å². The lowest BCUT2D eigenvalue weighted by atomic mass is 9.82. The van der Waals surface area contributed by atoms with E-state index in [1.54, 1.807) is 14.2 Å². The number of methoxy groups -OCH3 is 2. The zero-order valence-corrected chi connectivity index (χ0v) is 22.1. The number of hydrogen-bond acceptors (Lipinski definition) is 5. The molecule has 0 aliphatic carbocycles. The molecule has 1 aliphatic rings. The summed E-state index contributed by atoms with van der Waals surface area (Å²) in [6.45, 7) is 8.09. The lowest BCUT2D eigenvalue weighted by Crippen LogP contribution is -2.47. The highest BCUT2D eigenvalue weighted by Crippen LogP contribution is 2.42. The van der Waals surface area contributed by atoms with Gasteiger partial charge in [-0.05, 0) is 49.2 Å². The van der Waals surface area contributed by atoms with Gasteiger partial charge in [-0.2, -0.15) is 0 Å². The summed E-state index contributed by atoms with van der Waals surface area (Å²) in [6, 6.07) is 25.6. The molecule has 2 heterocycles. The average Bonchev–Trinajstić information content (AvgIpc) is 3.33. The van der Waals surface area contributed by atoms with Gasteiger partial charge in [-0.3, -0.25) is 4.90 Å². The van der Waals surface area contributed by atoms with Crippen molar-refractivity contribution >= 4 is 0 Å². The molecule has 6 nitrogen and oxygen atoms in total. The fourth-order valence-corrected chi connectivity index (χ4v) is 5.29. The van der Waals surface area contributed by atoms with Crippen LogP contribution < -0.4 is 14.8 Å². The van der Waals surface area contributed by atoms with Crippen molar-refractivity contribution in [3.05, 3.63) is 101 Å². The lowest BCUT2D eigenvalue weighted by molar-refractivity contribution is 0.156. The maximum atomic E-state index is 5.47. The molecule has 0 radical (unpaired) electrons. The van der Waals surface area contributed by atoms with Crippen molar-refractivity contribution in [3.8, 4) is 22.9 Å².